The number of guanidine groups is 1. The second-order valence-electron chi connectivity index (χ2n) is 8.70. The second kappa shape index (κ2) is 8.84. The number of piperazine rings is 1. The van der Waals surface area contributed by atoms with E-state index in [1.807, 2.05) is 18.2 Å². The lowest BCUT2D eigenvalue weighted by atomic mass is 10.1. The molecule has 3 heterocycles. The number of carbonyl (C=O) groups excluding carboxylic acids is 2. The molecule has 2 saturated heterocycles. The lowest BCUT2D eigenvalue weighted by Crippen LogP contribution is -2.65. The number of nitrogens with one attached hydrogen (secondary N) is 1. The zero-order valence-corrected chi connectivity index (χ0v) is 19.5. The number of imide groups is 1. The van der Waals surface area contributed by atoms with Gasteiger partial charge in [0.05, 0.1) is 0 Å². The highest BCUT2D eigenvalue weighted by atomic mass is 35.5. The molecule has 2 unspecified atom stereocenters. The maximum atomic E-state index is 12.6. The van der Waals surface area contributed by atoms with Crippen molar-refractivity contribution >= 4 is 41.1 Å². The van der Waals surface area contributed by atoms with Crippen LogP contribution in [0.5, 0.6) is 0 Å². The molecule has 1 aromatic rings. The van der Waals surface area contributed by atoms with Crippen molar-refractivity contribution in [3.8, 4) is 0 Å². The third-order valence-corrected chi connectivity index (χ3v) is 6.71. The standard InChI is InChI=1S/C21H28Cl2N6O2/c1-13(2)11-29-17-18(26(3)21(31)25-19(17)30)24-20(29)28-9-7-27(8-10-28)12-14-15(22)5-4-6-16(14)23/h4-6,13,17-18H,7-12H2,1-3H3,(H,25,30,31). The summed E-state index contributed by atoms with van der Waals surface area (Å²) in [5.74, 6) is 0.874. The molecule has 31 heavy (non-hydrogen) atoms. The average molecular weight is 467 g/mol. The zero-order valence-electron chi connectivity index (χ0n) is 18.0. The van der Waals surface area contributed by atoms with E-state index in [2.05, 4.69) is 33.9 Å². The van der Waals surface area contributed by atoms with Crippen molar-refractivity contribution in [3.05, 3.63) is 33.8 Å². The van der Waals surface area contributed by atoms with Gasteiger partial charge in [-0.2, -0.15) is 0 Å². The van der Waals surface area contributed by atoms with Crippen LogP contribution >= 0.6 is 23.2 Å². The first-order valence-corrected chi connectivity index (χ1v) is 11.3. The Bertz CT molecular complexity index is 880. The normalized spacial score (nSPS) is 24.6. The number of likely N-dealkylation sites (N-methyl/N-ethyl adjacent to an activating group) is 1. The van der Waals surface area contributed by atoms with Gasteiger partial charge in [-0.25, -0.2) is 9.79 Å². The first kappa shape index (κ1) is 22.2. The first-order chi connectivity index (χ1) is 14.8. The van der Waals surface area contributed by atoms with Crippen LogP contribution in [0.4, 0.5) is 4.79 Å². The summed E-state index contributed by atoms with van der Waals surface area (Å²) in [5, 5.41) is 3.82. The van der Waals surface area contributed by atoms with Crippen molar-refractivity contribution in [2.45, 2.75) is 32.6 Å². The van der Waals surface area contributed by atoms with Gasteiger partial charge in [0.2, 0.25) is 0 Å². The predicted molar refractivity (Wildman–Crippen MR) is 121 cm³/mol. The molecule has 0 aliphatic carbocycles. The van der Waals surface area contributed by atoms with E-state index in [0.29, 0.717) is 29.1 Å². The third kappa shape index (κ3) is 4.33. The van der Waals surface area contributed by atoms with Crippen LogP contribution in [0.25, 0.3) is 0 Å². The van der Waals surface area contributed by atoms with Crippen molar-refractivity contribution in [2.24, 2.45) is 10.9 Å². The summed E-state index contributed by atoms with van der Waals surface area (Å²) in [7, 11) is 1.69. The molecule has 2 atom stereocenters. The Morgan fingerprint density at radius 3 is 2.39 bits per heavy atom. The highest BCUT2D eigenvalue weighted by Gasteiger charge is 2.49. The quantitative estimate of drug-likeness (QED) is 0.736. The molecular weight excluding hydrogens is 439 g/mol. The number of urea groups is 1. The lowest BCUT2D eigenvalue weighted by molar-refractivity contribution is -0.127. The van der Waals surface area contributed by atoms with Crippen LogP contribution < -0.4 is 5.32 Å². The minimum Gasteiger partial charge on any atom is -0.340 e. The van der Waals surface area contributed by atoms with Crippen molar-refractivity contribution in [2.75, 3.05) is 39.8 Å². The molecule has 1 aromatic carbocycles. The van der Waals surface area contributed by atoms with Gasteiger partial charge in [-0.15, -0.1) is 0 Å². The SMILES string of the molecule is CC(C)CN1C(N2CCN(Cc3c(Cl)cccc3Cl)CC2)=NC2C1C(=O)NC(=O)N2C. The Kier molecular flexibility index (Phi) is 6.32. The molecule has 168 valence electrons. The number of aliphatic imine (C=N–C) groups is 1. The van der Waals surface area contributed by atoms with Crippen LogP contribution in [0, 0.1) is 5.92 Å². The molecule has 8 nitrogen and oxygen atoms in total. The largest absolute Gasteiger partial charge is 0.340 e. The Morgan fingerprint density at radius 2 is 1.77 bits per heavy atom. The van der Waals surface area contributed by atoms with Crippen LogP contribution in [0.15, 0.2) is 23.2 Å². The number of hydrogen-bond acceptors (Lipinski definition) is 6. The van der Waals surface area contributed by atoms with E-state index >= 15 is 0 Å². The van der Waals surface area contributed by atoms with Gasteiger partial charge in [-0.1, -0.05) is 43.1 Å². The number of nitrogens with zero attached hydrogens (tertiary/aromatic N) is 5. The maximum absolute atomic E-state index is 12.6. The molecule has 3 aliphatic heterocycles. The molecule has 0 bridgehead atoms. The molecule has 4 rings (SSSR count). The number of rotatable bonds is 4. The molecule has 1 N–H and O–H groups in total. The molecular formula is C21H28Cl2N6O2. The van der Waals surface area contributed by atoms with Crippen molar-refractivity contribution in [1.29, 1.82) is 0 Å². The number of carbonyl (C=O) groups is 2. The summed E-state index contributed by atoms with van der Waals surface area (Å²) in [5.41, 5.74) is 0.946. The van der Waals surface area contributed by atoms with Gasteiger partial charge in [0.25, 0.3) is 5.91 Å². The fourth-order valence-electron chi connectivity index (χ4n) is 4.38. The van der Waals surface area contributed by atoms with Crippen LogP contribution in [0.3, 0.4) is 0 Å². The Hall–Kier alpha value is -2.03. The van der Waals surface area contributed by atoms with E-state index in [0.717, 1.165) is 37.7 Å². The summed E-state index contributed by atoms with van der Waals surface area (Å²) >= 11 is 12.7. The van der Waals surface area contributed by atoms with Gasteiger partial charge in [0, 0.05) is 61.9 Å². The van der Waals surface area contributed by atoms with Gasteiger partial charge >= 0.3 is 6.03 Å². The number of hydrogen-bond donors (Lipinski definition) is 1. The lowest BCUT2D eigenvalue weighted by Gasteiger charge is -2.41. The van der Waals surface area contributed by atoms with Crippen LogP contribution in [0.2, 0.25) is 10.0 Å². The van der Waals surface area contributed by atoms with E-state index in [4.69, 9.17) is 28.2 Å². The minimum atomic E-state index is -0.491. The smallest absolute Gasteiger partial charge is 0.325 e. The molecule has 0 radical (unpaired) electrons. The van der Waals surface area contributed by atoms with E-state index in [-0.39, 0.29) is 5.91 Å². The first-order valence-electron chi connectivity index (χ1n) is 10.6. The molecule has 0 spiro atoms. The Morgan fingerprint density at radius 1 is 1.13 bits per heavy atom. The van der Waals surface area contributed by atoms with Crippen molar-refractivity contribution < 1.29 is 9.59 Å². The fraction of sp³-hybridized carbons (Fsp3) is 0.571. The van der Waals surface area contributed by atoms with Gasteiger partial charge in [0.1, 0.15) is 0 Å². The molecule has 3 aliphatic rings. The van der Waals surface area contributed by atoms with E-state index in [1.54, 1.807) is 7.05 Å². The third-order valence-electron chi connectivity index (χ3n) is 6.00. The Labute approximate surface area is 192 Å². The molecule has 3 amide bonds. The van der Waals surface area contributed by atoms with E-state index in [1.165, 1.54) is 4.90 Å². The number of fused-ring (bicyclic) bond motifs is 1. The van der Waals surface area contributed by atoms with Crippen molar-refractivity contribution in [1.82, 2.24) is 24.9 Å². The summed E-state index contributed by atoms with van der Waals surface area (Å²) in [4.78, 5) is 37.7. The second-order valence-corrected chi connectivity index (χ2v) is 9.52. The monoisotopic (exact) mass is 466 g/mol. The van der Waals surface area contributed by atoms with Crippen molar-refractivity contribution in [3.63, 3.8) is 0 Å². The van der Waals surface area contributed by atoms with E-state index in [9.17, 15) is 9.59 Å². The molecule has 0 aromatic heterocycles. The van der Waals surface area contributed by atoms with Gasteiger partial charge in [-0.05, 0) is 18.1 Å². The predicted octanol–water partition coefficient (Wildman–Crippen LogP) is 2.31. The minimum absolute atomic E-state index is 0.278. The zero-order chi connectivity index (χ0) is 22.3. The fourth-order valence-corrected chi connectivity index (χ4v) is 4.89. The van der Waals surface area contributed by atoms with Crippen LogP contribution in [0.1, 0.15) is 19.4 Å². The highest BCUT2D eigenvalue weighted by Crippen LogP contribution is 2.28. The number of halogens is 2. The molecule has 10 heteroatoms. The summed E-state index contributed by atoms with van der Waals surface area (Å²) in [6, 6.07) is 4.69. The van der Waals surface area contributed by atoms with Gasteiger partial charge in [-0.3, -0.25) is 15.0 Å². The number of benzene rings is 1. The Balaban J connectivity index is 1.48. The summed E-state index contributed by atoms with van der Waals surface area (Å²) in [6.45, 7) is 8.82. The topological polar surface area (TPSA) is 71.5 Å². The molecule has 0 saturated carbocycles. The highest BCUT2D eigenvalue weighted by molar-refractivity contribution is 6.35. The summed E-state index contributed by atoms with van der Waals surface area (Å²) < 4.78 is 0. The van der Waals surface area contributed by atoms with Gasteiger partial charge < -0.3 is 14.7 Å². The maximum Gasteiger partial charge on any atom is 0.325 e. The van der Waals surface area contributed by atoms with Gasteiger partial charge in [0.15, 0.2) is 18.2 Å². The molecule has 2 fully saturated rings. The van der Waals surface area contributed by atoms with Crippen LogP contribution in [-0.2, 0) is 11.3 Å². The summed E-state index contributed by atoms with van der Waals surface area (Å²) in [6.07, 6.45) is -0.491. The average Bonchev–Trinajstić information content (AvgIpc) is 3.09. The number of amides is 3. The van der Waals surface area contributed by atoms with Crippen LogP contribution in [-0.4, -0.2) is 89.5 Å². The van der Waals surface area contributed by atoms with E-state index < -0.39 is 18.2 Å².